The molecule has 1 saturated carbocycles. The van der Waals surface area contributed by atoms with Crippen LogP contribution >= 0.6 is 8.93 Å². The minimum absolute atomic E-state index is 0.195. The van der Waals surface area contributed by atoms with Gasteiger partial charge in [-0.1, -0.05) is 58.3 Å². The molecule has 45 heavy (non-hydrogen) atoms. The average Bonchev–Trinajstić information content (AvgIpc) is 3.81. The zero-order chi connectivity index (χ0) is 32.8. The summed E-state index contributed by atoms with van der Waals surface area (Å²) in [7, 11) is 4.75. The van der Waals surface area contributed by atoms with Crippen LogP contribution in [0.2, 0.25) is 0 Å². The van der Waals surface area contributed by atoms with Crippen LogP contribution in [0.25, 0.3) is 0 Å². The van der Waals surface area contributed by atoms with Gasteiger partial charge in [-0.05, 0) is 0 Å². The van der Waals surface area contributed by atoms with Crippen molar-refractivity contribution in [1.29, 1.82) is 0 Å². The Morgan fingerprint density at radius 2 is 1.40 bits per heavy atom. The Morgan fingerprint density at radius 3 is 2.00 bits per heavy atom. The van der Waals surface area contributed by atoms with Crippen molar-refractivity contribution in [2.45, 2.75) is 199 Å². The maximum absolute atomic E-state index is 6.97. The van der Waals surface area contributed by atoms with Gasteiger partial charge in [-0.25, -0.2) is 0 Å². The van der Waals surface area contributed by atoms with Gasteiger partial charge in [-0.15, -0.1) is 0 Å². The monoisotopic (exact) mass is 762 g/mol. The second-order valence-corrected chi connectivity index (χ2v) is 21.6. The fraction of sp³-hybridized carbons (Fsp3) is 0.951. The van der Waals surface area contributed by atoms with Gasteiger partial charge in [0.25, 0.3) is 0 Å². The third-order valence-electron chi connectivity index (χ3n) is 11.3. The number of piperidine rings is 1. The molecular formula is C41H80INOS. The SMILES string of the molecule is CCCC/C=C(\OC(C)CCCCCCCCCCCCCC)[N+]1(C)CCCC(C([I-]SC)C(C)C2C[C@H]2CCCCCC)C1. The van der Waals surface area contributed by atoms with Crippen LogP contribution in [0.3, 0.4) is 0 Å². The summed E-state index contributed by atoms with van der Waals surface area (Å²) >= 11 is 0.195. The molecule has 0 aromatic rings. The molecule has 2 aliphatic rings. The van der Waals surface area contributed by atoms with E-state index in [2.05, 4.69) is 62.9 Å². The first kappa shape index (κ1) is 41.7. The summed E-state index contributed by atoms with van der Waals surface area (Å²) in [4.78, 5) is 0. The Bertz CT molecular complexity index is 745. The molecule has 268 valence electrons. The van der Waals surface area contributed by atoms with Crippen molar-refractivity contribution in [2.75, 3.05) is 26.4 Å². The van der Waals surface area contributed by atoms with Crippen LogP contribution in [0.1, 0.15) is 189 Å². The zero-order valence-corrected chi connectivity index (χ0v) is 34.5. The van der Waals surface area contributed by atoms with Crippen LogP contribution in [-0.4, -0.2) is 40.9 Å². The van der Waals surface area contributed by atoms with Crippen LogP contribution in [0, 0.1) is 23.7 Å². The van der Waals surface area contributed by atoms with E-state index < -0.39 is 0 Å². The predicted octanol–water partition coefficient (Wildman–Crippen LogP) is 10.3. The molecule has 0 aromatic heterocycles. The number of allylic oxidation sites excluding steroid dienone is 1. The van der Waals surface area contributed by atoms with Gasteiger partial charge >= 0.3 is 240 Å². The van der Waals surface area contributed by atoms with E-state index in [1.807, 2.05) is 0 Å². The van der Waals surface area contributed by atoms with E-state index in [-0.39, 0.29) is 19.8 Å². The van der Waals surface area contributed by atoms with Crippen molar-refractivity contribution in [1.82, 2.24) is 0 Å². The molecule has 7 atom stereocenters. The number of alkyl halides is 1. The summed E-state index contributed by atoms with van der Waals surface area (Å²) in [6, 6.07) is 0. The molecule has 1 saturated heterocycles. The van der Waals surface area contributed by atoms with Gasteiger partial charge in [-0.3, -0.25) is 0 Å². The van der Waals surface area contributed by atoms with Gasteiger partial charge in [-0.2, -0.15) is 0 Å². The van der Waals surface area contributed by atoms with E-state index in [0.717, 1.165) is 32.1 Å². The zero-order valence-electron chi connectivity index (χ0n) is 31.6. The van der Waals surface area contributed by atoms with Crippen LogP contribution in [0.15, 0.2) is 12.0 Å². The first-order chi connectivity index (χ1) is 21.9. The van der Waals surface area contributed by atoms with Gasteiger partial charge in [0, 0.05) is 0 Å². The molecule has 6 unspecified atom stereocenters. The predicted molar refractivity (Wildman–Crippen MR) is 199 cm³/mol. The topological polar surface area (TPSA) is 9.23 Å². The number of hydrogen-bond acceptors (Lipinski definition) is 2. The molecule has 0 amide bonds. The summed E-state index contributed by atoms with van der Waals surface area (Å²) in [6.45, 7) is 14.6. The Kier molecular flexibility index (Phi) is 23.7. The van der Waals surface area contributed by atoms with Crippen LogP contribution < -0.4 is 19.8 Å². The minimum atomic E-state index is 0.195. The van der Waals surface area contributed by atoms with E-state index in [1.165, 1.54) is 173 Å². The molecule has 1 aliphatic heterocycles. The number of unbranched alkanes of at least 4 members (excludes halogenated alkanes) is 16. The molecule has 2 rings (SSSR count). The molecule has 0 N–H and O–H groups in total. The molecular weight excluding hydrogens is 681 g/mol. The van der Waals surface area contributed by atoms with Gasteiger partial charge in [0.1, 0.15) is 0 Å². The van der Waals surface area contributed by atoms with Crippen molar-refractivity contribution in [2.24, 2.45) is 23.7 Å². The van der Waals surface area contributed by atoms with Crippen LogP contribution in [0.5, 0.6) is 0 Å². The Morgan fingerprint density at radius 1 is 0.822 bits per heavy atom. The normalized spacial score (nSPS) is 25.8. The number of likely N-dealkylation sites (tertiary alicyclic amines) is 1. The first-order valence-electron chi connectivity index (χ1n) is 20.3. The fourth-order valence-corrected chi connectivity index (χ4v) is 14.3. The van der Waals surface area contributed by atoms with Crippen molar-refractivity contribution >= 4 is 8.93 Å². The van der Waals surface area contributed by atoms with E-state index >= 15 is 0 Å². The molecule has 2 fully saturated rings. The van der Waals surface area contributed by atoms with Crippen LogP contribution in [-0.2, 0) is 4.74 Å². The Labute approximate surface area is 297 Å². The first-order valence-corrected chi connectivity index (χ1v) is 25.3. The quantitative estimate of drug-likeness (QED) is 0.0247. The summed E-state index contributed by atoms with van der Waals surface area (Å²) in [6.07, 6.45) is 38.8. The summed E-state index contributed by atoms with van der Waals surface area (Å²) in [5, 5.41) is 0. The number of rotatable bonds is 29. The van der Waals surface area contributed by atoms with Gasteiger partial charge < -0.3 is 0 Å². The number of hydrogen-bond donors (Lipinski definition) is 0. The Hall–Kier alpha value is 0.580. The standard InChI is InChI=1S/C41H80INOS/c1-8-11-14-16-17-18-19-20-21-22-23-25-28-35(4)44-40(31-24-13-10-3)43(6)32-27-30-38(34-43)41(42-45-7)36(5)39-33-37(39)29-26-15-12-9-2/h31,35-39,41H,8-30,32-34H2,1-7H3/b40-31-/t35?,36?,37-,38?,39?,41?,43?/m1/s1. The summed E-state index contributed by atoms with van der Waals surface area (Å²) in [5.41, 5.74) is 0. The number of ether oxygens (including phenoxy) is 1. The molecule has 0 bridgehead atoms. The third-order valence-corrected chi connectivity index (χ3v) is 17.1. The summed E-state index contributed by atoms with van der Waals surface area (Å²) < 4.78 is 9.00. The Balaban J connectivity index is 1.84. The van der Waals surface area contributed by atoms with Gasteiger partial charge in [0.05, 0.1) is 0 Å². The fourth-order valence-electron chi connectivity index (χ4n) is 8.23. The van der Waals surface area contributed by atoms with Crippen LogP contribution in [0.4, 0.5) is 0 Å². The number of nitrogens with zero attached hydrogens (tertiary/aromatic N) is 1. The van der Waals surface area contributed by atoms with Gasteiger partial charge in [0.15, 0.2) is 0 Å². The number of quaternary nitrogens is 1. The second kappa shape index (κ2) is 25.5. The van der Waals surface area contributed by atoms with Crippen molar-refractivity contribution in [3.05, 3.63) is 12.0 Å². The molecule has 0 radical (unpaired) electrons. The van der Waals surface area contributed by atoms with Crippen molar-refractivity contribution < 1.29 is 29.0 Å². The maximum atomic E-state index is 6.97. The van der Waals surface area contributed by atoms with E-state index in [4.69, 9.17) is 4.74 Å². The van der Waals surface area contributed by atoms with Crippen molar-refractivity contribution in [3.63, 3.8) is 0 Å². The second-order valence-electron chi connectivity index (χ2n) is 15.6. The molecule has 0 spiro atoms. The molecule has 0 aromatic carbocycles. The van der Waals surface area contributed by atoms with E-state index in [9.17, 15) is 0 Å². The average molecular weight is 762 g/mol. The van der Waals surface area contributed by atoms with Crippen molar-refractivity contribution in [3.8, 4) is 0 Å². The summed E-state index contributed by atoms with van der Waals surface area (Å²) in [5.74, 6) is 5.20. The molecule has 1 heterocycles. The van der Waals surface area contributed by atoms with E-state index in [0.29, 0.717) is 6.10 Å². The van der Waals surface area contributed by atoms with Gasteiger partial charge in [0.2, 0.25) is 0 Å². The molecule has 4 heteroatoms. The third kappa shape index (κ3) is 17.2. The molecule has 1 aliphatic carbocycles. The number of halogens is 1. The molecule has 2 nitrogen and oxygen atoms in total. The van der Waals surface area contributed by atoms with E-state index in [1.54, 1.807) is 0 Å².